The van der Waals surface area contributed by atoms with Crippen LogP contribution < -0.4 is 0 Å². The van der Waals surface area contributed by atoms with Crippen molar-refractivity contribution in [1.29, 1.82) is 5.26 Å². The Morgan fingerprint density at radius 1 is 0.627 bits per heavy atom. The molecule has 0 bridgehead atoms. The highest BCUT2D eigenvalue weighted by molar-refractivity contribution is 7.78. The standard InChI is InChI=1S/C24H43N2O2P.C15H26O.C9H18ClN2OP/c1-20(2)12-10-13-23(7)14-11-15-24(8)16-18-27-29(28-19-17-25-9)26(21(3)4)22(5)6;1-13(2)7-5-8-14(3)9-6-10-15(4)11-12-16;1-8(2)12(9(3)4)14(10)13-7-5-6-11/h12,14,16,21-22H,10-11,13,15,17-19H2,1-8H3;7,9,11,16H,5-6,8,10,12H2,1-4H3;8-9H,5,7H2,1-4H3/b23-14+,24-16+;14-9+,15-11+;. The van der Waals surface area contributed by atoms with E-state index >= 15 is 0 Å². The first kappa shape index (κ1) is 61.6. The SMILES string of the molecule is CC(C)=CCC/C(C)=C/CC/C(C)=C/CO.CC(C)N(C(C)C)P(Cl)OCCC#N.[C-]#[N+]CCOP(OC/C=C(\C)CC/C=C(\C)CCC=C(C)C)N(C(C)C)C(C)C. The van der Waals surface area contributed by atoms with Gasteiger partial charge in [-0.3, -0.25) is 0 Å². The van der Waals surface area contributed by atoms with Gasteiger partial charge in [-0.1, -0.05) is 69.9 Å². The number of hydrogen-bond acceptors (Lipinski definition) is 7. The third kappa shape index (κ3) is 39.0. The largest absolute Gasteiger partial charge is 0.392 e. The van der Waals surface area contributed by atoms with E-state index in [1.165, 1.54) is 33.4 Å². The number of hydrogen-bond donors (Lipinski definition) is 1. The second-order valence-corrected chi connectivity index (χ2v) is 19.9. The molecule has 0 aromatic rings. The lowest BCUT2D eigenvalue weighted by molar-refractivity contribution is 0.189. The van der Waals surface area contributed by atoms with Crippen LogP contribution in [0.2, 0.25) is 0 Å². The molecule has 0 aliphatic rings. The summed E-state index contributed by atoms with van der Waals surface area (Å²) in [5, 5.41) is 17.1. The third-order valence-electron chi connectivity index (χ3n) is 8.60. The van der Waals surface area contributed by atoms with Crippen LogP contribution in [0.3, 0.4) is 0 Å². The summed E-state index contributed by atoms with van der Waals surface area (Å²) in [4.78, 5) is 3.38. The second kappa shape index (κ2) is 40.4. The molecule has 0 aromatic heterocycles. The fourth-order valence-corrected chi connectivity index (χ4v) is 9.47. The smallest absolute Gasteiger partial charge is 0.259 e. The molecule has 2 atom stereocenters. The minimum atomic E-state index is -1.15. The second-order valence-electron chi connectivity index (χ2n) is 16.5. The zero-order chi connectivity index (χ0) is 45.8. The van der Waals surface area contributed by atoms with E-state index in [0.29, 0.717) is 57.0 Å². The van der Waals surface area contributed by atoms with Gasteiger partial charge in [0.05, 0.1) is 32.3 Å². The van der Waals surface area contributed by atoms with Crippen molar-refractivity contribution in [2.24, 2.45) is 0 Å². The average Bonchev–Trinajstić information content (AvgIpc) is 3.11. The summed E-state index contributed by atoms with van der Waals surface area (Å²) in [6.45, 7) is 43.1. The molecule has 0 saturated carbocycles. The Morgan fingerprint density at radius 2 is 1.03 bits per heavy atom. The molecule has 11 heteroatoms. The lowest BCUT2D eigenvalue weighted by atomic mass is 10.1. The maximum Gasteiger partial charge on any atom is 0.259 e. The summed E-state index contributed by atoms with van der Waals surface area (Å²) < 4.78 is 21.8. The van der Waals surface area contributed by atoms with Crippen molar-refractivity contribution in [3.8, 4) is 6.07 Å². The van der Waals surface area contributed by atoms with Crippen LogP contribution in [0.5, 0.6) is 0 Å². The van der Waals surface area contributed by atoms with Gasteiger partial charge in [-0.15, -0.1) is 0 Å². The highest BCUT2D eigenvalue weighted by Gasteiger charge is 2.27. The Bertz CT molecular complexity index is 1320. The predicted molar refractivity (Wildman–Crippen MR) is 261 cm³/mol. The molecule has 1 N–H and O–H groups in total. The molecule has 0 aliphatic carbocycles. The van der Waals surface area contributed by atoms with Crippen molar-refractivity contribution in [2.45, 2.75) is 193 Å². The van der Waals surface area contributed by atoms with Crippen molar-refractivity contribution < 1.29 is 18.7 Å². The maximum atomic E-state index is 8.72. The molecule has 0 fully saturated rings. The van der Waals surface area contributed by atoms with E-state index in [0.717, 1.165) is 51.4 Å². The van der Waals surface area contributed by atoms with Gasteiger partial charge in [0.25, 0.3) is 8.53 Å². The molecule has 0 rings (SSSR count). The molecule has 0 spiro atoms. The zero-order valence-electron chi connectivity index (χ0n) is 40.4. The highest BCUT2D eigenvalue weighted by atomic mass is 35.7. The first-order chi connectivity index (χ1) is 27.7. The molecule has 2 unspecified atom stereocenters. The molecule has 340 valence electrons. The van der Waals surface area contributed by atoms with E-state index in [1.54, 1.807) is 0 Å². The first-order valence-corrected chi connectivity index (χ1v) is 24.9. The summed E-state index contributed by atoms with van der Waals surface area (Å²) >= 11 is 6.13. The van der Waals surface area contributed by atoms with E-state index in [4.69, 9.17) is 41.8 Å². The van der Waals surface area contributed by atoms with Crippen molar-refractivity contribution in [3.63, 3.8) is 0 Å². The normalized spacial score (nSPS) is 13.5. The maximum absolute atomic E-state index is 8.72. The van der Waals surface area contributed by atoms with Gasteiger partial charge in [0, 0.05) is 24.2 Å². The summed E-state index contributed by atoms with van der Waals surface area (Å²) in [5.41, 5.74) is 8.34. The molecule has 0 amide bonds. The minimum absolute atomic E-state index is 0.162. The van der Waals surface area contributed by atoms with Crippen LogP contribution in [0.4, 0.5) is 0 Å². The summed E-state index contributed by atoms with van der Waals surface area (Å²) in [6.07, 6.45) is 22.6. The number of aliphatic hydroxyl groups excluding tert-OH is 1. The van der Waals surface area contributed by atoms with Crippen molar-refractivity contribution >= 4 is 27.4 Å². The zero-order valence-corrected chi connectivity index (χ0v) is 43.0. The summed E-state index contributed by atoms with van der Waals surface area (Å²) in [7, 11) is -2.23. The molecule has 0 aromatic carbocycles. The Balaban J connectivity index is -0.000000880. The van der Waals surface area contributed by atoms with Crippen LogP contribution in [-0.2, 0) is 13.6 Å². The van der Waals surface area contributed by atoms with Crippen LogP contribution in [0, 0.1) is 17.9 Å². The Kier molecular flexibility index (Phi) is 42.2. The number of allylic oxidation sites excluding steroid dienone is 10. The Hall–Kier alpha value is -1.67. The highest BCUT2D eigenvalue weighted by Crippen LogP contribution is 2.49. The van der Waals surface area contributed by atoms with E-state index in [2.05, 4.69) is 155 Å². The molecule has 0 heterocycles. The van der Waals surface area contributed by atoms with Gasteiger partial charge < -0.3 is 23.5 Å². The van der Waals surface area contributed by atoms with Gasteiger partial charge in [0.2, 0.25) is 14.2 Å². The van der Waals surface area contributed by atoms with Crippen LogP contribution in [-0.4, -0.2) is 71.6 Å². The van der Waals surface area contributed by atoms with Crippen LogP contribution in [0.25, 0.3) is 4.85 Å². The monoisotopic (exact) mass is 881 g/mol. The van der Waals surface area contributed by atoms with Gasteiger partial charge in [-0.05, 0) is 173 Å². The molecule has 59 heavy (non-hydrogen) atoms. The molecular formula is C48H87ClN4O4P2. The number of rotatable bonds is 28. The van der Waals surface area contributed by atoms with Crippen LogP contribution in [0.15, 0.2) is 69.9 Å². The number of nitrogens with zero attached hydrogens (tertiary/aromatic N) is 4. The fraction of sp³-hybridized carbons (Fsp3) is 0.708. The van der Waals surface area contributed by atoms with Crippen LogP contribution in [0.1, 0.15) is 169 Å². The summed E-state index contributed by atoms with van der Waals surface area (Å²) in [5.74, 6) is 0. The quantitative estimate of drug-likeness (QED) is 0.0363. The third-order valence-corrected chi connectivity index (χ3v) is 13.2. The van der Waals surface area contributed by atoms with Gasteiger partial charge in [-0.25, -0.2) is 15.9 Å². The van der Waals surface area contributed by atoms with Gasteiger partial charge in [0.1, 0.15) is 6.61 Å². The number of nitriles is 1. The topological polar surface area (TPSA) is 82.5 Å². The predicted octanol–water partition coefficient (Wildman–Crippen LogP) is 15.6. The molecule has 0 aliphatic heterocycles. The Labute approximate surface area is 372 Å². The van der Waals surface area contributed by atoms with Crippen molar-refractivity contribution in [1.82, 2.24) is 9.34 Å². The number of aliphatic hydroxyl groups is 1. The van der Waals surface area contributed by atoms with Crippen molar-refractivity contribution in [2.75, 3.05) is 33.0 Å². The van der Waals surface area contributed by atoms with Gasteiger partial charge in [-0.2, -0.15) is 5.26 Å². The van der Waals surface area contributed by atoms with E-state index in [1.807, 2.05) is 12.1 Å². The number of halogens is 1. The average molecular weight is 882 g/mol. The van der Waals surface area contributed by atoms with Crippen molar-refractivity contribution in [3.05, 3.63) is 81.3 Å². The summed E-state index contributed by atoms with van der Waals surface area (Å²) in [6, 6.07) is 3.42. The first-order valence-electron chi connectivity index (χ1n) is 21.7. The molecule has 0 saturated heterocycles. The molecule has 0 radical (unpaired) electrons. The van der Waals surface area contributed by atoms with Crippen LogP contribution >= 0.6 is 27.4 Å². The van der Waals surface area contributed by atoms with Gasteiger partial charge >= 0.3 is 0 Å². The molecular weight excluding hydrogens is 794 g/mol. The van der Waals surface area contributed by atoms with E-state index in [-0.39, 0.29) is 6.61 Å². The Morgan fingerprint density at radius 3 is 1.41 bits per heavy atom. The fourth-order valence-electron chi connectivity index (χ4n) is 5.58. The lowest BCUT2D eigenvalue weighted by Crippen LogP contribution is -2.33. The lowest BCUT2D eigenvalue weighted by Gasteiger charge is -2.35. The molecule has 8 nitrogen and oxygen atoms in total. The van der Waals surface area contributed by atoms with E-state index in [9.17, 15) is 0 Å². The van der Waals surface area contributed by atoms with Gasteiger partial charge in [0.15, 0.2) is 0 Å². The van der Waals surface area contributed by atoms with E-state index < -0.39 is 16.2 Å². The minimum Gasteiger partial charge on any atom is -0.392 e.